The smallest absolute Gasteiger partial charge is 0.132 e. The summed E-state index contributed by atoms with van der Waals surface area (Å²) in [5.74, 6) is 1.51. The molecule has 2 fully saturated rings. The molecule has 0 N–H and O–H groups in total. The first-order chi connectivity index (χ1) is 9.04. The van der Waals surface area contributed by atoms with E-state index < -0.39 is 6.17 Å². The molecule has 1 nitrogen and oxygen atoms in total. The molecule has 0 aromatic carbocycles. The van der Waals surface area contributed by atoms with Crippen molar-refractivity contribution < 1.29 is 9.18 Å². The van der Waals surface area contributed by atoms with E-state index in [2.05, 4.69) is 6.58 Å². The third-order valence-corrected chi connectivity index (χ3v) is 5.53. The molecule has 0 bridgehead atoms. The fourth-order valence-corrected chi connectivity index (χ4v) is 4.25. The Hall–Kier alpha value is -0.660. The van der Waals surface area contributed by atoms with Crippen LogP contribution in [-0.4, -0.2) is 12.0 Å². The third kappa shape index (κ3) is 3.09. The summed E-state index contributed by atoms with van der Waals surface area (Å²) in [4.78, 5) is 11.6. The number of hydrogen-bond acceptors (Lipinski definition) is 1. The molecular formula is C17H27FO. The summed E-state index contributed by atoms with van der Waals surface area (Å²) >= 11 is 0. The van der Waals surface area contributed by atoms with Gasteiger partial charge in [0.1, 0.15) is 12.0 Å². The van der Waals surface area contributed by atoms with E-state index in [0.29, 0.717) is 11.8 Å². The van der Waals surface area contributed by atoms with Crippen LogP contribution in [0.15, 0.2) is 12.7 Å². The van der Waals surface area contributed by atoms with Gasteiger partial charge in [0.15, 0.2) is 0 Å². The molecule has 2 saturated carbocycles. The Morgan fingerprint density at radius 2 is 1.95 bits per heavy atom. The lowest BCUT2D eigenvalue weighted by Gasteiger charge is -2.43. The minimum Gasteiger partial charge on any atom is -0.300 e. The van der Waals surface area contributed by atoms with Crippen LogP contribution in [0.3, 0.4) is 0 Å². The Labute approximate surface area is 116 Å². The number of carbonyl (C=O) groups excluding carboxylic acids is 1. The third-order valence-electron chi connectivity index (χ3n) is 5.53. The molecule has 2 heteroatoms. The predicted octanol–water partition coefficient (Wildman–Crippen LogP) is 4.57. The molecule has 0 aliphatic heterocycles. The molecule has 19 heavy (non-hydrogen) atoms. The highest BCUT2D eigenvalue weighted by Gasteiger charge is 2.42. The molecule has 0 amide bonds. The number of Topliss-reactive ketones (excluding diaryl/α,β-unsaturated/α-hetero) is 1. The Balaban J connectivity index is 2.13. The molecule has 0 aromatic heterocycles. The monoisotopic (exact) mass is 266 g/mol. The summed E-state index contributed by atoms with van der Waals surface area (Å²) in [5.41, 5.74) is 0. The Kier molecular flexibility index (Phi) is 4.81. The van der Waals surface area contributed by atoms with Gasteiger partial charge >= 0.3 is 0 Å². The van der Waals surface area contributed by atoms with Crippen LogP contribution in [0.5, 0.6) is 0 Å². The number of halogens is 1. The molecular weight excluding hydrogens is 239 g/mol. The van der Waals surface area contributed by atoms with Gasteiger partial charge in [0, 0.05) is 5.92 Å². The van der Waals surface area contributed by atoms with E-state index in [1.54, 1.807) is 6.92 Å². The van der Waals surface area contributed by atoms with Crippen molar-refractivity contribution in [3.05, 3.63) is 12.7 Å². The lowest BCUT2D eigenvalue weighted by molar-refractivity contribution is -0.123. The lowest BCUT2D eigenvalue weighted by atomic mass is 9.63. The van der Waals surface area contributed by atoms with Gasteiger partial charge < -0.3 is 0 Å². The van der Waals surface area contributed by atoms with E-state index in [9.17, 15) is 9.18 Å². The molecule has 2 aliphatic carbocycles. The van der Waals surface area contributed by atoms with Gasteiger partial charge in [0.05, 0.1) is 0 Å². The van der Waals surface area contributed by atoms with Crippen molar-refractivity contribution in [2.45, 2.75) is 58.5 Å². The summed E-state index contributed by atoms with van der Waals surface area (Å²) in [6.45, 7) is 7.66. The van der Waals surface area contributed by atoms with Gasteiger partial charge in [0.25, 0.3) is 0 Å². The molecule has 2 rings (SSSR count). The topological polar surface area (TPSA) is 17.1 Å². The second-order valence-corrected chi connectivity index (χ2v) is 6.70. The van der Waals surface area contributed by atoms with Crippen LogP contribution in [-0.2, 0) is 4.79 Å². The largest absolute Gasteiger partial charge is 0.300 e. The van der Waals surface area contributed by atoms with Gasteiger partial charge in [-0.3, -0.25) is 4.79 Å². The second kappa shape index (κ2) is 6.19. The van der Waals surface area contributed by atoms with E-state index in [0.717, 1.165) is 38.5 Å². The minimum atomic E-state index is -0.688. The van der Waals surface area contributed by atoms with E-state index >= 15 is 0 Å². The van der Waals surface area contributed by atoms with Crippen LogP contribution in [0.25, 0.3) is 0 Å². The van der Waals surface area contributed by atoms with Crippen molar-refractivity contribution in [1.29, 1.82) is 0 Å². The van der Waals surface area contributed by atoms with Crippen molar-refractivity contribution in [2.24, 2.45) is 29.6 Å². The molecule has 0 heterocycles. The highest BCUT2D eigenvalue weighted by Crippen LogP contribution is 2.46. The SMILES string of the molecule is C=CC1CCC(C(C)=O)CC1C1CCCC(C)C1F. The highest BCUT2D eigenvalue weighted by atomic mass is 19.1. The zero-order chi connectivity index (χ0) is 14.0. The van der Waals surface area contributed by atoms with Gasteiger partial charge in [-0.25, -0.2) is 4.39 Å². The van der Waals surface area contributed by atoms with E-state index in [1.807, 2.05) is 13.0 Å². The Bertz CT molecular complexity index is 338. The van der Waals surface area contributed by atoms with Crippen molar-refractivity contribution in [2.75, 3.05) is 0 Å². The summed E-state index contributed by atoms with van der Waals surface area (Å²) < 4.78 is 14.5. The summed E-state index contributed by atoms with van der Waals surface area (Å²) in [6.07, 6.45) is 7.31. The molecule has 2 aliphatic rings. The summed E-state index contributed by atoms with van der Waals surface area (Å²) in [5, 5.41) is 0. The molecule has 0 spiro atoms. The number of alkyl halides is 1. The number of hydrogen-bond donors (Lipinski definition) is 0. The maximum absolute atomic E-state index is 14.5. The van der Waals surface area contributed by atoms with E-state index in [-0.39, 0.29) is 23.5 Å². The maximum atomic E-state index is 14.5. The maximum Gasteiger partial charge on any atom is 0.132 e. The lowest BCUT2D eigenvalue weighted by Crippen LogP contribution is -2.40. The highest BCUT2D eigenvalue weighted by molar-refractivity contribution is 5.78. The number of rotatable bonds is 3. The Morgan fingerprint density at radius 3 is 2.58 bits per heavy atom. The molecule has 0 aromatic rings. The first-order valence-electron chi connectivity index (χ1n) is 7.81. The Morgan fingerprint density at radius 1 is 1.21 bits per heavy atom. The number of allylic oxidation sites excluding steroid dienone is 1. The molecule has 0 radical (unpaired) electrons. The van der Waals surface area contributed by atoms with Crippen LogP contribution in [0.4, 0.5) is 4.39 Å². The van der Waals surface area contributed by atoms with Crippen LogP contribution in [0, 0.1) is 29.6 Å². The number of carbonyl (C=O) groups is 1. The second-order valence-electron chi connectivity index (χ2n) is 6.70. The van der Waals surface area contributed by atoms with Gasteiger partial charge in [-0.15, -0.1) is 6.58 Å². The fourth-order valence-electron chi connectivity index (χ4n) is 4.25. The van der Waals surface area contributed by atoms with Crippen LogP contribution < -0.4 is 0 Å². The quantitative estimate of drug-likeness (QED) is 0.684. The van der Waals surface area contributed by atoms with Crippen LogP contribution >= 0.6 is 0 Å². The van der Waals surface area contributed by atoms with Crippen LogP contribution in [0.1, 0.15) is 52.4 Å². The van der Waals surface area contributed by atoms with Crippen molar-refractivity contribution in [3.63, 3.8) is 0 Å². The molecule has 6 atom stereocenters. The normalized spacial score (nSPS) is 43.7. The molecule has 108 valence electrons. The zero-order valence-corrected chi connectivity index (χ0v) is 12.3. The van der Waals surface area contributed by atoms with Crippen molar-refractivity contribution >= 4 is 5.78 Å². The van der Waals surface area contributed by atoms with E-state index in [4.69, 9.17) is 0 Å². The first-order valence-corrected chi connectivity index (χ1v) is 7.81. The van der Waals surface area contributed by atoms with Crippen LogP contribution in [0.2, 0.25) is 0 Å². The minimum absolute atomic E-state index is 0.147. The van der Waals surface area contributed by atoms with Crippen molar-refractivity contribution in [1.82, 2.24) is 0 Å². The average Bonchev–Trinajstić information content (AvgIpc) is 2.41. The standard InChI is InChI=1S/C17H27FO/c1-4-13-8-9-14(12(3)19)10-16(13)15-7-5-6-11(2)17(15)18/h4,11,13-17H,1,5-10H2,2-3H3. The fraction of sp³-hybridized carbons (Fsp3) is 0.824. The molecule has 6 unspecified atom stereocenters. The van der Waals surface area contributed by atoms with E-state index in [1.165, 1.54) is 0 Å². The van der Waals surface area contributed by atoms with Gasteiger partial charge in [-0.05, 0) is 62.7 Å². The van der Waals surface area contributed by atoms with Gasteiger partial charge in [-0.2, -0.15) is 0 Å². The zero-order valence-electron chi connectivity index (χ0n) is 12.3. The number of ketones is 1. The van der Waals surface area contributed by atoms with Gasteiger partial charge in [0.2, 0.25) is 0 Å². The first kappa shape index (κ1) is 14.7. The van der Waals surface area contributed by atoms with Gasteiger partial charge in [-0.1, -0.05) is 19.4 Å². The average molecular weight is 266 g/mol. The predicted molar refractivity (Wildman–Crippen MR) is 76.6 cm³/mol. The summed E-state index contributed by atoms with van der Waals surface area (Å²) in [7, 11) is 0. The van der Waals surface area contributed by atoms with Crippen molar-refractivity contribution in [3.8, 4) is 0 Å². The molecule has 0 saturated heterocycles. The summed E-state index contributed by atoms with van der Waals surface area (Å²) in [6, 6.07) is 0.